The van der Waals surface area contributed by atoms with Gasteiger partial charge in [-0.1, -0.05) is 23.7 Å². The monoisotopic (exact) mass is 386 g/mol. The van der Waals surface area contributed by atoms with Crippen LogP contribution in [0, 0.1) is 5.82 Å². The quantitative estimate of drug-likeness (QED) is 0.792. The molecule has 0 amide bonds. The molecule has 3 rings (SSSR count). The Labute approximate surface area is 153 Å². The number of aromatic nitrogens is 2. The SMILES string of the molecule is O=c1c(Cl)c(N2CCN(Cc3ccc(F)cc3)CC2)cnn1CC(F)F. The normalized spacial score (nSPS) is 15.7. The van der Waals surface area contributed by atoms with E-state index in [-0.39, 0.29) is 10.8 Å². The predicted molar refractivity (Wildman–Crippen MR) is 93.4 cm³/mol. The Morgan fingerprint density at radius 1 is 1.12 bits per heavy atom. The van der Waals surface area contributed by atoms with Crippen molar-refractivity contribution in [2.24, 2.45) is 0 Å². The van der Waals surface area contributed by atoms with Crippen LogP contribution in [0.1, 0.15) is 5.56 Å². The molecule has 2 heterocycles. The predicted octanol–water partition coefficient (Wildman–Crippen LogP) is 2.62. The molecular weight excluding hydrogens is 369 g/mol. The number of halogens is 4. The van der Waals surface area contributed by atoms with E-state index in [9.17, 15) is 18.0 Å². The topological polar surface area (TPSA) is 41.4 Å². The van der Waals surface area contributed by atoms with E-state index in [2.05, 4.69) is 10.00 Å². The zero-order valence-corrected chi connectivity index (χ0v) is 14.7. The molecule has 9 heteroatoms. The van der Waals surface area contributed by atoms with Crippen molar-refractivity contribution in [1.29, 1.82) is 0 Å². The minimum Gasteiger partial charge on any atom is -0.366 e. The summed E-state index contributed by atoms with van der Waals surface area (Å²) in [5, 5.41) is 3.71. The number of hydrogen-bond donors (Lipinski definition) is 0. The van der Waals surface area contributed by atoms with E-state index in [1.165, 1.54) is 18.3 Å². The molecule has 1 aromatic carbocycles. The van der Waals surface area contributed by atoms with Crippen molar-refractivity contribution in [2.45, 2.75) is 19.5 Å². The largest absolute Gasteiger partial charge is 0.366 e. The van der Waals surface area contributed by atoms with Gasteiger partial charge in [-0.05, 0) is 17.7 Å². The third kappa shape index (κ3) is 4.37. The average Bonchev–Trinajstić information content (AvgIpc) is 2.62. The van der Waals surface area contributed by atoms with E-state index >= 15 is 0 Å². The van der Waals surface area contributed by atoms with Gasteiger partial charge in [0.25, 0.3) is 12.0 Å². The van der Waals surface area contributed by atoms with Crippen molar-refractivity contribution in [3.05, 3.63) is 57.2 Å². The lowest BCUT2D eigenvalue weighted by Gasteiger charge is -2.36. The lowest BCUT2D eigenvalue weighted by Crippen LogP contribution is -2.46. The molecular formula is C17H18ClF3N4O. The molecule has 0 spiro atoms. The van der Waals surface area contributed by atoms with Crippen LogP contribution >= 0.6 is 11.6 Å². The molecule has 5 nitrogen and oxygen atoms in total. The molecule has 0 aliphatic carbocycles. The van der Waals surface area contributed by atoms with Gasteiger partial charge in [0, 0.05) is 32.7 Å². The summed E-state index contributed by atoms with van der Waals surface area (Å²) in [6, 6.07) is 6.38. The second kappa shape index (κ2) is 8.09. The maximum Gasteiger partial charge on any atom is 0.287 e. The third-order valence-corrected chi connectivity index (χ3v) is 4.67. The average molecular weight is 387 g/mol. The van der Waals surface area contributed by atoms with Gasteiger partial charge >= 0.3 is 0 Å². The Bertz CT molecular complexity index is 805. The molecule has 0 bridgehead atoms. The van der Waals surface area contributed by atoms with E-state index in [4.69, 9.17) is 11.6 Å². The summed E-state index contributed by atoms with van der Waals surface area (Å²) in [5.41, 5.74) is 0.774. The van der Waals surface area contributed by atoms with Crippen molar-refractivity contribution < 1.29 is 13.2 Å². The first kappa shape index (κ1) is 18.7. The van der Waals surface area contributed by atoms with Crippen LogP contribution in [0.25, 0.3) is 0 Å². The van der Waals surface area contributed by atoms with E-state index in [1.54, 1.807) is 12.1 Å². The number of alkyl halides is 2. The fourth-order valence-electron chi connectivity index (χ4n) is 2.93. The van der Waals surface area contributed by atoms with Gasteiger partial charge in [-0.15, -0.1) is 0 Å². The van der Waals surface area contributed by atoms with Crippen LogP contribution in [-0.2, 0) is 13.1 Å². The fraction of sp³-hybridized carbons (Fsp3) is 0.412. The summed E-state index contributed by atoms with van der Waals surface area (Å²) in [7, 11) is 0. The molecule has 0 saturated carbocycles. The highest BCUT2D eigenvalue weighted by molar-refractivity contribution is 6.33. The molecule has 0 atom stereocenters. The van der Waals surface area contributed by atoms with E-state index in [0.29, 0.717) is 30.0 Å². The second-order valence-corrected chi connectivity index (χ2v) is 6.49. The van der Waals surface area contributed by atoms with Crippen molar-refractivity contribution in [3.8, 4) is 0 Å². The van der Waals surface area contributed by atoms with E-state index in [1.807, 2.05) is 4.90 Å². The van der Waals surface area contributed by atoms with Crippen LogP contribution < -0.4 is 10.5 Å². The maximum atomic E-state index is 13.0. The number of benzene rings is 1. The lowest BCUT2D eigenvalue weighted by molar-refractivity contribution is 0.119. The zero-order valence-electron chi connectivity index (χ0n) is 13.9. The Kier molecular flexibility index (Phi) is 5.83. The van der Waals surface area contributed by atoms with Gasteiger partial charge in [-0.25, -0.2) is 17.9 Å². The molecule has 0 unspecified atom stereocenters. The maximum absolute atomic E-state index is 13.0. The van der Waals surface area contributed by atoms with Gasteiger partial charge in [0.2, 0.25) is 0 Å². The standard InChI is InChI=1S/C17H18ClF3N4O/c18-16-14(9-22-25(17(16)26)11-15(20)21)24-7-5-23(6-8-24)10-12-1-3-13(19)4-2-12/h1-4,9,15H,5-8,10-11H2. The van der Waals surface area contributed by atoms with Gasteiger partial charge < -0.3 is 4.90 Å². The van der Waals surface area contributed by atoms with Crippen LogP contribution in [0.15, 0.2) is 35.3 Å². The van der Waals surface area contributed by atoms with E-state index < -0.39 is 18.5 Å². The first-order chi connectivity index (χ1) is 12.4. The third-order valence-electron chi connectivity index (χ3n) is 4.31. The van der Waals surface area contributed by atoms with Crippen LogP contribution in [0.5, 0.6) is 0 Å². The van der Waals surface area contributed by atoms with Gasteiger partial charge in [-0.3, -0.25) is 9.69 Å². The fourth-order valence-corrected chi connectivity index (χ4v) is 3.20. The van der Waals surface area contributed by atoms with Crippen LogP contribution in [0.4, 0.5) is 18.9 Å². The van der Waals surface area contributed by atoms with Gasteiger partial charge in [-0.2, -0.15) is 5.10 Å². The molecule has 140 valence electrons. The van der Waals surface area contributed by atoms with Gasteiger partial charge in [0.1, 0.15) is 17.4 Å². The summed E-state index contributed by atoms with van der Waals surface area (Å²) in [4.78, 5) is 16.2. The number of rotatable bonds is 5. The molecule has 1 aromatic heterocycles. The molecule has 1 fully saturated rings. The van der Waals surface area contributed by atoms with Gasteiger partial charge in [0.15, 0.2) is 0 Å². The Morgan fingerprint density at radius 3 is 2.38 bits per heavy atom. The summed E-state index contributed by atoms with van der Waals surface area (Å²) in [5.74, 6) is -0.262. The van der Waals surface area contributed by atoms with Crippen molar-refractivity contribution in [3.63, 3.8) is 0 Å². The Balaban J connectivity index is 1.63. The van der Waals surface area contributed by atoms with E-state index in [0.717, 1.165) is 18.7 Å². The summed E-state index contributed by atoms with van der Waals surface area (Å²) >= 11 is 6.09. The summed E-state index contributed by atoms with van der Waals surface area (Å²) < 4.78 is 38.6. The highest BCUT2D eigenvalue weighted by Crippen LogP contribution is 2.23. The smallest absolute Gasteiger partial charge is 0.287 e. The first-order valence-electron chi connectivity index (χ1n) is 8.19. The zero-order chi connectivity index (χ0) is 18.7. The highest BCUT2D eigenvalue weighted by Gasteiger charge is 2.22. The first-order valence-corrected chi connectivity index (χ1v) is 8.57. The minimum absolute atomic E-state index is 0.0902. The molecule has 1 aliphatic heterocycles. The Hall–Kier alpha value is -2.06. The van der Waals surface area contributed by atoms with Crippen LogP contribution in [0.3, 0.4) is 0 Å². The van der Waals surface area contributed by atoms with Gasteiger partial charge in [0.05, 0.1) is 11.9 Å². The lowest BCUT2D eigenvalue weighted by atomic mass is 10.2. The van der Waals surface area contributed by atoms with Crippen LogP contribution in [-0.4, -0.2) is 47.3 Å². The van der Waals surface area contributed by atoms with Crippen LogP contribution in [0.2, 0.25) is 5.02 Å². The number of piperazine rings is 1. The molecule has 0 radical (unpaired) electrons. The van der Waals surface area contributed by atoms with Crippen molar-refractivity contribution >= 4 is 17.3 Å². The number of hydrogen-bond acceptors (Lipinski definition) is 4. The molecule has 1 aliphatic rings. The number of nitrogens with zero attached hydrogens (tertiary/aromatic N) is 4. The molecule has 26 heavy (non-hydrogen) atoms. The van der Waals surface area contributed by atoms with Crippen molar-refractivity contribution in [1.82, 2.24) is 14.7 Å². The molecule has 0 N–H and O–H groups in total. The summed E-state index contributed by atoms with van der Waals surface area (Å²) in [6.45, 7) is 2.64. The second-order valence-electron chi connectivity index (χ2n) is 6.11. The minimum atomic E-state index is -2.67. The Morgan fingerprint density at radius 2 is 1.77 bits per heavy atom. The summed E-state index contributed by atoms with van der Waals surface area (Å²) in [6.07, 6.45) is -1.31. The highest BCUT2D eigenvalue weighted by atomic mass is 35.5. The van der Waals surface area contributed by atoms with Crippen molar-refractivity contribution in [2.75, 3.05) is 31.1 Å². The number of anilines is 1. The molecule has 1 saturated heterocycles. The molecule has 2 aromatic rings.